The van der Waals surface area contributed by atoms with Gasteiger partial charge < -0.3 is 0 Å². The molecule has 0 nitrogen and oxygen atoms in total. The normalized spacial score (nSPS) is 0. The quantitative estimate of drug-likeness (QED) is 0.507. The van der Waals surface area contributed by atoms with E-state index in [1.807, 2.05) is 0 Å². The van der Waals surface area contributed by atoms with E-state index < -0.39 is 0 Å². The smallest absolute Gasteiger partial charge is 0 e. The zero-order valence-electron chi connectivity index (χ0n) is 1.47. The maximum Gasteiger partial charge on any atom is 0 e. The molecule has 30 valence electrons. The predicted octanol–water partition coefficient (Wildman–Crippen LogP) is -0.0100. The molecule has 0 unspecified atom stereocenters. The SMILES string of the molecule is [Co].[Mn].[Mn].[Mn]. The van der Waals surface area contributed by atoms with Crippen LogP contribution in [0.3, 0.4) is 0 Å². The van der Waals surface area contributed by atoms with E-state index in [4.69, 9.17) is 0 Å². The zero-order valence-corrected chi connectivity index (χ0v) is 6.05. The van der Waals surface area contributed by atoms with Gasteiger partial charge >= 0.3 is 0 Å². The van der Waals surface area contributed by atoms with Crippen LogP contribution in [0.2, 0.25) is 0 Å². The Morgan fingerprint density at radius 2 is 0.500 bits per heavy atom. The Kier molecular flexibility index (Phi) is 179. The summed E-state index contributed by atoms with van der Waals surface area (Å²) in [5, 5.41) is 0. The minimum Gasteiger partial charge on any atom is 0 e. The van der Waals surface area contributed by atoms with Gasteiger partial charge in [0.15, 0.2) is 0 Å². The molecule has 0 amide bonds. The first-order chi connectivity index (χ1) is 0. The molecule has 0 saturated carbocycles. The molecule has 0 fully saturated rings. The molecule has 0 N–H and O–H groups in total. The largest absolute Gasteiger partial charge is 0 e. The van der Waals surface area contributed by atoms with Crippen LogP contribution >= 0.6 is 0 Å². The number of hydrogen-bond donors (Lipinski definition) is 0. The van der Waals surface area contributed by atoms with E-state index in [9.17, 15) is 0 Å². The zero-order chi connectivity index (χ0) is 0. The van der Waals surface area contributed by atoms with E-state index in [-0.39, 0.29) is 68.0 Å². The van der Waals surface area contributed by atoms with Crippen molar-refractivity contribution in [3.63, 3.8) is 0 Å². The molecule has 0 aliphatic carbocycles. The fourth-order valence-electron chi connectivity index (χ4n) is 0. The van der Waals surface area contributed by atoms with Crippen molar-refractivity contribution < 1.29 is 68.0 Å². The minimum atomic E-state index is 0. The second kappa shape index (κ2) is 19.6. The molecule has 4 heteroatoms. The summed E-state index contributed by atoms with van der Waals surface area (Å²) in [6, 6.07) is 0. The monoisotopic (exact) mass is 224 g/mol. The standard InChI is InChI=1S/Co.3Mn. The first kappa shape index (κ1) is 36.5. The molecule has 0 aromatic carbocycles. The van der Waals surface area contributed by atoms with Crippen molar-refractivity contribution in [1.29, 1.82) is 0 Å². The molecule has 0 bridgehead atoms. The summed E-state index contributed by atoms with van der Waals surface area (Å²) in [7, 11) is 0. The summed E-state index contributed by atoms with van der Waals surface area (Å²) in [5.41, 5.74) is 0. The predicted molar refractivity (Wildman–Crippen MR) is 0 cm³/mol. The van der Waals surface area contributed by atoms with Gasteiger partial charge in [-0.2, -0.15) is 0 Å². The van der Waals surface area contributed by atoms with Gasteiger partial charge in [-0.3, -0.25) is 0 Å². The summed E-state index contributed by atoms with van der Waals surface area (Å²) in [6.07, 6.45) is 0. The van der Waals surface area contributed by atoms with Gasteiger partial charge in [0.2, 0.25) is 0 Å². The number of rotatable bonds is 0. The van der Waals surface area contributed by atoms with Crippen LogP contribution in [0.5, 0.6) is 0 Å². The van der Waals surface area contributed by atoms with Crippen molar-refractivity contribution in [2.45, 2.75) is 0 Å². The Balaban J connectivity index is 0. The molecule has 0 spiro atoms. The van der Waals surface area contributed by atoms with Crippen molar-refractivity contribution in [3.05, 3.63) is 0 Å². The van der Waals surface area contributed by atoms with Gasteiger partial charge in [-0.15, -0.1) is 0 Å². The van der Waals surface area contributed by atoms with E-state index >= 15 is 0 Å². The van der Waals surface area contributed by atoms with Crippen LogP contribution < -0.4 is 0 Å². The van der Waals surface area contributed by atoms with Crippen LogP contribution in [0.25, 0.3) is 0 Å². The first-order valence-corrected chi connectivity index (χ1v) is 0. The van der Waals surface area contributed by atoms with Gasteiger partial charge in [-0.1, -0.05) is 0 Å². The van der Waals surface area contributed by atoms with Gasteiger partial charge in [0.05, 0.1) is 0 Å². The third-order valence-corrected chi connectivity index (χ3v) is 0. The molecule has 0 aliphatic rings. The van der Waals surface area contributed by atoms with Gasteiger partial charge in [0, 0.05) is 68.0 Å². The maximum atomic E-state index is 0. The van der Waals surface area contributed by atoms with Gasteiger partial charge in [-0.05, 0) is 0 Å². The van der Waals surface area contributed by atoms with E-state index in [0.717, 1.165) is 0 Å². The molecule has 0 aromatic rings. The summed E-state index contributed by atoms with van der Waals surface area (Å²) >= 11 is 0. The van der Waals surface area contributed by atoms with Crippen LogP contribution in [0.1, 0.15) is 0 Å². The fraction of sp³-hybridized carbons (Fsp3) is 0. The van der Waals surface area contributed by atoms with E-state index in [0.29, 0.717) is 0 Å². The fourth-order valence-corrected chi connectivity index (χ4v) is 0. The third-order valence-electron chi connectivity index (χ3n) is 0. The topological polar surface area (TPSA) is 0 Å². The van der Waals surface area contributed by atoms with Crippen molar-refractivity contribution in [1.82, 2.24) is 0 Å². The molecular weight excluding hydrogens is 224 g/mol. The average Bonchev–Trinajstić information content (AvgIpc) is 0. The molecule has 0 atom stereocenters. The van der Waals surface area contributed by atoms with Crippen LogP contribution in [0.4, 0.5) is 0 Å². The van der Waals surface area contributed by atoms with Gasteiger partial charge in [0.25, 0.3) is 0 Å². The van der Waals surface area contributed by atoms with Crippen molar-refractivity contribution in [2.24, 2.45) is 0 Å². The molecular formula is CoMn3. The molecule has 0 saturated heterocycles. The molecule has 4 heavy (non-hydrogen) atoms. The van der Waals surface area contributed by atoms with Gasteiger partial charge in [0.1, 0.15) is 0 Å². The second-order valence-electron chi connectivity index (χ2n) is 0. The average molecular weight is 224 g/mol. The van der Waals surface area contributed by atoms with Gasteiger partial charge in [-0.25, -0.2) is 0 Å². The van der Waals surface area contributed by atoms with E-state index in [2.05, 4.69) is 0 Å². The van der Waals surface area contributed by atoms with Crippen LogP contribution in [-0.2, 0) is 68.0 Å². The Hall–Kier alpha value is 2.06. The van der Waals surface area contributed by atoms with E-state index in [1.165, 1.54) is 0 Å². The second-order valence-corrected chi connectivity index (χ2v) is 0. The minimum absolute atomic E-state index is 0. The van der Waals surface area contributed by atoms with E-state index in [1.54, 1.807) is 0 Å². The Morgan fingerprint density at radius 1 is 0.500 bits per heavy atom. The molecule has 0 aromatic heterocycles. The summed E-state index contributed by atoms with van der Waals surface area (Å²) in [4.78, 5) is 0. The van der Waals surface area contributed by atoms with Crippen LogP contribution in [0.15, 0.2) is 0 Å². The maximum absolute atomic E-state index is 0. The van der Waals surface area contributed by atoms with Crippen LogP contribution in [-0.4, -0.2) is 0 Å². The summed E-state index contributed by atoms with van der Waals surface area (Å²) in [5.74, 6) is 0. The Labute approximate surface area is 67.5 Å². The van der Waals surface area contributed by atoms with Crippen LogP contribution in [0, 0.1) is 0 Å². The molecule has 0 aliphatic heterocycles. The van der Waals surface area contributed by atoms with Crippen molar-refractivity contribution in [3.8, 4) is 0 Å². The van der Waals surface area contributed by atoms with Crippen molar-refractivity contribution in [2.75, 3.05) is 0 Å². The molecule has 0 heterocycles. The Morgan fingerprint density at radius 3 is 0.500 bits per heavy atom. The van der Waals surface area contributed by atoms with Crippen molar-refractivity contribution >= 4 is 0 Å². The molecule has 4 radical (unpaired) electrons. The molecule has 0 rings (SSSR count). The Bertz CT molecular complexity index is 3.25. The summed E-state index contributed by atoms with van der Waals surface area (Å²) in [6.45, 7) is 0. The third kappa shape index (κ3) is 8.96. The first-order valence-electron chi connectivity index (χ1n) is 0. The number of hydrogen-bond acceptors (Lipinski definition) is 0. The summed E-state index contributed by atoms with van der Waals surface area (Å²) < 4.78 is 0.